The van der Waals surface area contributed by atoms with E-state index in [-0.39, 0.29) is 17.9 Å². The molecule has 0 aromatic carbocycles. The van der Waals surface area contributed by atoms with Gasteiger partial charge in [0.1, 0.15) is 12.1 Å². The Labute approximate surface area is 125 Å². The molecule has 6 nitrogen and oxygen atoms in total. The van der Waals surface area contributed by atoms with Gasteiger partial charge in [-0.1, -0.05) is 13.8 Å². The van der Waals surface area contributed by atoms with E-state index in [0.717, 1.165) is 0 Å². The number of carbonyl (C=O) groups is 2. The fraction of sp³-hybridized carbons (Fsp3) is 0.667. The van der Waals surface area contributed by atoms with Gasteiger partial charge in [0.25, 0.3) is 0 Å². The van der Waals surface area contributed by atoms with E-state index >= 15 is 0 Å². The summed E-state index contributed by atoms with van der Waals surface area (Å²) in [5, 5.41) is 7.08. The largest absolute Gasteiger partial charge is 0.342 e. The van der Waals surface area contributed by atoms with E-state index in [2.05, 4.69) is 10.4 Å². The second kappa shape index (κ2) is 5.87. The molecular weight excluding hydrogens is 268 g/mol. The van der Waals surface area contributed by atoms with Crippen molar-refractivity contribution in [2.24, 2.45) is 5.92 Å². The molecule has 2 atom stereocenters. The minimum Gasteiger partial charge on any atom is -0.342 e. The minimum absolute atomic E-state index is 0.0564. The van der Waals surface area contributed by atoms with Crippen LogP contribution in [0.1, 0.15) is 47.1 Å². The van der Waals surface area contributed by atoms with Crippen LogP contribution in [-0.4, -0.2) is 33.7 Å². The van der Waals surface area contributed by atoms with Crippen molar-refractivity contribution < 1.29 is 9.59 Å². The first-order chi connectivity index (χ1) is 9.81. The van der Waals surface area contributed by atoms with Crippen molar-refractivity contribution in [2.45, 2.75) is 59.2 Å². The summed E-state index contributed by atoms with van der Waals surface area (Å²) in [6.07, 6.45) is 4.12. The molecule has 21 heavy (non-hydrogen) atoms. The smallest absolute Gasteiger partial charge is 0.250 e. The van der Waals surface area contributed by atoms with E-state index in [0.29, 0.717) is 18.0 Å². The lowest BCUT2D eigenvalue weighted by Crippen LogP contribution is -2.62. The van der Waals surface area contributed by atoms with Crippen LogP contribution in [-0.2, 0) is 9.59 Å². The number of carbonyl (C=O) groups excluding carboxylic acids is 2. The molecule has 1 fully saturated rings. The highest BCUT2D eigenvalue weighted by Gasteiger charge is 2.39. The van der Waals surface area contributed by atoms with Gasteiger partial charge in [-0.3, -0.25) is 19.2 Å². The summed E-state index contributed by atoms with van der Waals surface area (Å²) >= 11 is 0. The van der Waals surface area contributed by atoms with Crippen molar-refractivity contribution in [3.8, 4) is 0 Å². The van der Waals surface area contributed by atoms with E-state index in [9.17, 15) is 9.59 Å². The van der Waals surface area contributed by atoms with Gasteiger partial charge in [-0.05, 0) is 33.1 Å². The van der Waals surface area contributed by atoms with Crippen molar-refractivity contribution >= 4 is 17.5 Å². The first-order valence-electron chi connectivity index (χ1n) is 7.48. The molecule has 0 aliphatic carbocycles. The number of amides is 2. The number of rotatable bonds is 4. The number of anilines is 1. The minimum atomic E-state index is -0.509. The van der Waals surface area contributed by atoms with Gasteiger partial charge >= 0.3 is 0 Å². The Balaban J connectivity index is 2.29. The summed E-state index contributed by atoms with van der Waals surface area (Å²) in [5.41, 5.74) is 0.685. The highest BCUT2D eigenvalue weighted by atomic mass is 16.2. The molecule has 116 valence electrons. The van der Waals surface area contributed by atoms with Crippen LogP contribution in [0.2, 0.25) is 0 Å². The van der Waals surface area contributed by atoms with Crippen LogP contribution < -0.4 is 10.2 Å². The Kier molecular flexibility index (Phi) is 4.34. The number of hydrogen-bond donors (Lipinski definition) is 1. The van der Waals surface area contributed by atoms with Crippen molar-refractivity contribution in [1.29, 1.82) is 0 Å². The standard InChI is InChI=1S/C15H24N4O2/c1-9(2)6-13-15(21)19(11(5)14(20)17-13)12-7-16-18(8-12)10(3)4/h7-11,13H,6H2,1-5H3,(H,17,20). The zero-order valence-corrected chi connectivity index (χ0v) is 13.3. The summed E-state index contributed by atoms with van der Waals surface area (Å²) in [4.78, 5) is 26.4. The molecule has 6 heteroatoms. The average Bonchev–Trinajstić information content (AvgIpc) is 2.85. The van der Waals surface area contributed by atoms with Crippen LogP contribution >= 0.6 is 0 Å². The van der Waals surface area contributed by atoms with E-state index < -0.39 is 12.1 Å². The van der Waals surface area contributed by atoms with Gasteiger partial charge in [-0.2, -0.15) is 5.10 Å². The van der Waals surface area contributed by atoms with Gasteiger partial charge < -0.3 is 5.32 Å². The Bertz CT molecular complexity index is 536. The van der Waals surface area contributed by atoms with Crippen LogP contribution in [0.25, 0.3) is 0 Å². The van der Waals surface area contributed by atoms with Gasteiger partial charge in [0.2, 0.25) is 11.8 Å². The molecule has 1 aliphatic heterocycles. The second-order valence-corrected chi connectivity index (χ2v) is 6.35. The summed E-state index contributed by atoms with van der Waals surface area (Å²) in [6, 6.07) is -0.740. The number of piperazine rings is 1. The Hall–Kier alpha value is -1.85. The first kappa shape index (κ1) is 15.5. The van der Waals surface area contributed by atoms with E-state index in [4.69, 9.17) is 0 Å². The van der Waals surface area contributed by atoms with Crippen molar-refractivity contribution in [3.63, 3.8) is 0 Å². The number of aromatic nitrogens is 2. The predicted octanol–water partition coefficient (Wildman–Crippen LogP) is 1.73. The SMILES string of the molecule is CC(C)CC1NC(=O)C(C)N(c2cnn(C(C)C)c2)C1=O. The molecule has 0 saturated carbocycles. The highest BCUT2D eigenvalue weighted by Crippen LogP contribution is 2.23. The molecular formula is C15H24N4O2. The summed E-state index contributed by atoms with van der Waals surface area (Å²) in [5.74, 6) is 0.171. The van der Waals surface area contributed by atoms with Crippen LogP contribution in [0.15, 0.2) is 12.4 Å². The molecule has 2 heterocycles. The zero-order valence-electron chi connectivity index (χ0n) is 13.3. The molecule has 2 rings (SSSR count). The van der Waals surface area contributed by atoms with Crippen molar-refractivity contribution in [2.75, 3.05) is 4.90 Å². The van der Waals surface area contributed by atoms with Gasteiger partial charge in [0.05, 0.1) is 11.9 Å². The third-order valence-corrected chi connectivity index (χ3v) is 3.72. The van der Waals surface area contributed by atoms with Crippen LogP contribution in [0, 0.1) is 5.92 Å². The lowest BCUT2D eigenvalue weighted by atomic mass is 9.99. The molecule has 0 radical (unpaired) electrons. The number of hydrogen-bond acceptors (Lipinski definition) is 3. The Morgan fingerprint density at radius 3 is 2.48 bits per heavy atom. The molecule has 1 aliphatic rings. The van der Waals surface area contributed by atoms with E-state index in [1.807, 2.05) is 33.9 Å². The van der Waals surface area contributed by atoms with Gasteiger partial charge in [-0.25, -0.2) is 0 Å². The van der Waals surface area contributed by atoms with Gasteiger partial charge in [0, 0.05) is 12.2 Å². The maximum atomic E-state index is 12.7. The Morgan fingerprint density at radius 1 is 1.29 bits per heavy atom. The molecule has 2 unspecified atom stereocenters. The molecule has 2 amide bonds. The lowest BCUT2D eigenvalue weighted by Gasteiger charge is -2.37. The molecule has 0 spiro atoms. The molecule has 1 saturated heterocycles. The molecule has 1 N–H and O–H groups in total. The topological polar surface area (TPSA) is 67.2 Å². The average molecular weight is 292 g/mol. The Morgan fingerprint density at radius 2 is 1.95 bits per heavy atom. The maximum Gasteiger partial charge on any atom is 0.250 e. The summed E-state index contributed by atoms with van der Waals surface area (Å²) in [7, 11) is 0. The van der Waals surface area contributed by atoms with Crippen LogP contribution in [0.4, 0.5) is 5.69 Å². The summed E-state index contributed by atoms with van der Waals surface area (Å²) in [6.45, 7) is 9.86. The molecule has 1 aromatic rings. The summed E-state index contributed by atoms with van der Waals surface area (Å²) < 4.78 is 1.79. The predicted molar refractivity (Wildman–Crippen MR) is 80.9 cm³/mol. The second-order valence-electron chi connectivity index (χ2n) is 6.35. The lowest BCUT2D eigenvalue weighted by molar-refractivity contribution is -0.133. The highest BCUT2D eigenvalue weighted by molar-refractivity contribution is 6.08. The third kappa shape index (κ3) is 3.09. The normalized spacial score (nSPS) is 23.1. The first-order valence-corrected chi connectivity index (χ1v) is 7.48. The zero-order chi connectivity index (χ0) is 15.7. The fourth-order valence-corrected chi connectivity index (χ4v) is 2.55. The van der Waals surface area contributed by atoms with Gasteiger partial charge in [0.15, 0.2) is 0 Å². The molecule has 1 aromatic heterocycles. The van der Waals surface area contributed by atoms with Crippen molar-refractivity contribution in [3.05, 3.63) is 12.4 Å². The van der Waals surface area contributed by atoms with Crippen molar-refractivity contribution in [1.82, 2.24) is 15.1 Å². The van der Waals surface area contributed by atoms with Crippen LogP contribution in [0.3, 0.4) is 0 Å². The number of nitrogens with zero attached hydrogens (tertiary/aromatic N) is 3. The fourth-order valence-electron chi connectivity index (χ4n) is 2.55. The van der Waals surface area contributed by atoms with E-state index in [1.165, 1.54) is 0 Å². The van der Waals surface area contributed by atoms with Gasteiger partial charge in [-0.15, -0.1) is 0 Å². The third-order valence-electron chi connectivity index (χ3n) is 3.72. The maximum absolute atomic E-state index is 12.7. The van der Waals surface area contributed by atoms with Crippen LogP contribution in [0.5, 0.6) is 0 Å². The number of nitrogens with one attached hydrogen (secondary N) is 1. The quantitative estimate of drug-likeness (QED) is 0.919. The monoisotopic (exact) mass is 292 g/mol. The van der Waals surface area contributed by atoms with E-state index in [1.54, 1.807) is 22.7 Å². The molecule has 0 bridgehead atoms.